The van der Waals surface area contributed by atoms with Gasteiger partial charge in [0.15, 0.2) is 0 Å². The van der Waals surface area contributed by atoms with E-state index in [0.29, 0.717) is 17.8 Å². The second kappa shape index (κ2) is 9.17. The minimum atomic E-state index is -0.223. The smallest absolute Gasteiger partial charge is 0.123 e. The molecule has 0 bridgehead atoms. The quantitative estimate of drug-likeness (QED) is 0.594. The van der Waals surface area contributed by atoms with Gasteiger partial charge in [-0.05, 0) is 94.2 Å². The number of aliphatic hydroxyl groups is 2. The molecule has 2 N–H and O–H groups in total. The van der Waals surface area contributed by atoms with Gasteiger partial charge in [0.05, 0.1) is 12.2 Å². The standard InChI is InChI=1S/C25H40O3/c1-5-6-7-10-19(26)12-13-20-21-14-17-9-8-11-24(28-25(2,3)4)22(17)15-18(21)16-23(20)27/h8-9,11,18-21,23,26-27H,5-7,10,12-16H2,1-4H3/t18-,19-,20+,21-,23+/m0/s1. The van der Waals surface area contributed by atoms with Gasteiger partial charge in [-0.25, -0.2) is 0 Å². The first-order valence-corrected chi connectivity index (χ1v) is 11.4. The Morgan fingerprint density at radius 1 is 1.14 bits per heavy atom. The van der Waals surface area contributed by atoms with Crippen LogP contribution in [-0.4, -0.2) is 28.0 Å². The van der Waals surface area contributed by atoms with Crippen molar-refractivity contribution in [3.63, 3.8) is 0 Å². The number of rotatable bonds is 8. The zero-order valence-corrected chi connectivity index (χ0v) is 18.3. The van der Waals surface area contributed by atoms with Crippen LogP contribution in [0.1, 0.15) is 83.8 Å². The van der Waals surface area contributed by atoms with Gasteiger partial charge < -0.3 is 14.9 Å². The number of fused-ring (bicyclic) bond motifs is 2. The van der Waals surface area contributed by atoms with E-state index in [-0.39, 0.29) is 17.8 Å². The summed E-state index contributed by atoms with van der Waals surface area (Å²) in [5.74, 6) is 2.42. The van der Waals surface area contributed by atoms with Crippen molar-refractivity contribution in [2.75, 3.05) is 0 Å². The van der Waals surface area contributed by atoms with E-state index in [2.05, 4.69) is 45.9 Å². The molecular formula is C25H40O3. The number of ether oxygens (including phenoxy) is 1. The lowest BCUT2D eigenvalue weighted by atomic mass is 9.73. The fourth-order valence-electron chi connectivity index (χ4n) is 5.39. The van der Waals surface area contributed by atoms with Crippen LogP contribution in [0.5, 0.6) is 5.75 Å². The van der Waals surface area contributed by atoms with Crippen molar-refractivity contribution in [1.29, 1.82) is 0 Å². The summed E-state index contributed by atoms with van der Waals surface area (Å²) >= 11 is 0. The predicted molar refractivity (Wildman–Crippen MR) is 115 cm³/mol. The number of benzene rings is 1. The maximum Gasteiger partial charge on any atom is 0.123 e. The Balaban J connectivity index is 1.65. The molecule has 0 heterocycles. The molecule has 158 valence electrons. The van der Waals surface area contributed by atoms with Crippen LogP contribution in [0.2, 0.25) is 0 Å². The second-order valence-corrected chi connectivity index (χ2v) is 10.1. The molecule has 0 aromatic heterocycles. The van der Waals surface area contributed by atoms with E-state index in [1.165, 1.54) is 24.0 Å². The molecule has 28 heavy (non-hydrogen) atoms. The van der Waals surface area contributed by atoms with Gasteiger partial charge in [-0.1, -0.05) is 38.3 Å². The first-order chi connectivity index (χ1) is 13.3. The highest BCUT2D eigenvalue weighted by Gasteiger charge is 2.45. The number of unbranched alkanes of at least 4 members (excludes halogenated alkanes) is 2. The molecule has 1 fully saturated rings. The number of hydrogen-bond acceptors (Lipinski definition) is 3. The molecule has 1 aromatic carbocycles. The molecular weight excluding hydrogens is 348 g/mol. The first-order valence-electron chi connectivity index (χ1n) is 11.4. The van der Waals surface area contributed by atoms with E-state index in [1.54, 1.807) is 0 Å². The number of aliphatic hydroxyl groups excluding tert-OH is 2. The fourth-order valence-corrected chi connectivity index (χ4v) is 5.39. The van der Waals surface area contributed by atoms with Crippen molar-refractivity contribution >= 4 is 0 Å². The lowest BCUT2D eigenvalue weighted by molar-refractivity contribution is 0.0868. The Labute approximate surface area is 171 Å². The molecule has 2 aliphatic carbocycles. The van der Waals surface area contributed by atoms with Crippen LogP contribution >= 0.6 is 0 Å². The van der Waals surface area contributed by atoms with Crippen molar-refractivity contribution in [3.8, 4) is 5.75 Å². The van der Waals surface area contributed by atoms with Crippen LogP contribution in [-0.2, 0) is 12.8 Å². The van der Waals surface area contributed by atoms with Gasteiger partial charge in [-0.3, -0.25) is 0 Å². The van der Waals surface area contributed by atoms with Crippen LogP contribution in [0.3, 0.4) is 0 Å². The molecule has 0 saturated heterocycles. The van der Waals surface area contributed by atoms with Crippen molar-refractivity contribution in [3.05, 3.63) is 29.3 Å². The molecule has 1 saturated carbocycles. The molecule has 2 aliphatic rings. The molecule has 5 atom stereocenters. The summed E-state index contributed by atoms with van der Waals surface area (Å²) in [4.78, 5) is 0. The zero-order chi connectivity index (χ0) is 20.3. The second-order valence-electron chi connectivity index (χ2n) is 10.1. The monoisotopic (exact) mass is 388 g/mol. The third-order valence-corrected chi connectivity index (χ3v) is 6.74. The summed E-state index contributed by atoms with van der Waals surface area (Å²) in [5, 5.41) is 21.1. The molecule has 0 unspecified atom stereocenters. The minimum Gasteiger partial charge on any atom is -0.488 e. The topological polar surface area (TPSA) is 49.7 Å². The third kappa shape index (κ3) is 5.30. The van der Waals surface area contributed by atoms with E-state index in [4.69, 9.17) is 4.74 Å². The Hall–Kier alpha value is -1.06. The summed E-state index contributed by atoms with van der Waals surface area (Å²) in [6, 6.07) is 6.44. The largest absolute Gasteiger partial charge is 0.488 e. The normalized spacial score (nSPS) is 27.9. The molecule has 0 radical (unpaired) electrons. The summed E-state index contributed by atoms with van der Waals surface area (Å²) in [6.07, 6.45) is 8.69. The van der Waals surface area contributed by atoms with E-state index in [0.717, 1.165) is 50.7 Å². The Bertz CT molecular complexity index is 633. The summed E-state index contributed by atoms with van der Waals surface area (Å²) in [7, 11) is 0. The van der Waals surface area contributed by atoms with Crippen molar-refractivity contribution in [2.24, 2.45) is 17.8 Å². The molecule has 3 heteroatoms. The van der Waals surface area contributed by atoms with Crippen molar-refractivity contribution in [1.82, 2.24) is 0 Å². The van der Waals surface area contributed by atoms with Crippen LogP contribution in [0.4, 0.5) is 0 Å². The molecule has 0 aliphatic heterocycles. The third-order valence-electron chi connectivity index (χ3n) is 6.74. The van der Waals surface area contributed by atoms with Crippen LogP contribution < -0.4 is 4.74 Å². The van der Waals surface area contributed by atoms with Crippen LogP contribution in [0, 0.1) is 17.8 Å². The van der Waals surface area contributed by atoms with Gasteiger partial charge in [0.2, 0.25) is 0 Å². The van der Waals surface area contributed by atoms with Crippen LogP contribution in [0.25, 0.3) is 0 Å². The lowest BCUT2D eigenvalue weighted by Gasteiger charge is -2.34. The van der Waals surface area contributed by atoms with Gasteiger partial charge >= 0.3 is 0 Å². The highest BCUT2D eigenvalue weighted by Crippen LogP contribution is 2.48. The molecule has 3 rings (SSSR count). The highest BCUT2D eigenvalue weighted by atomic mass is 16.5. The molecule has 0 spiro atoms. The Morgan fingerprint density at radius 2 is 1.93 bits per heavy atom. The average Bonchev–Trinajstić information content (AvgIpc) is 2.92. The molecule has 0 amide bonds. The highest BCUT2D eigenvalue weighted by molar-refractivity contribution is 5.43. The van der Waals surface area contributed by atoms with Gasteiger partial charge in [0.1, 0.15) is 11.4 Å². The van der Waals surface area contributed by atoms with E-state index in [1.807, 2.05) is 0 Å². The van der Waals surface area contributed by atoms with Gasteiger partial charge in [0.25, 0.3) is 0 Å². The molecule has 1 aromatic rings. The summed E-state index contributed by atoms with van der Waals surface area (Å²) < 4.78 is 6.23. The van der Waals surface area contributed by atoms with Gasteiger partial charge in [-0.15, -0.1) is 0 Å². The maximum absolute atomic E-state index is 10.8. The van der Waals surface area contributed by atoms with E-state index < -0.39 is 0 Å². The lowest BCUT2D eigenvalue weighted by Crippen LogP contribution is -2.29. The molecule has 3 nitrogen and oxygen atoms in total. The maximum atomic E-state index is 10.8. The summed E-state index contributed by atoms with van der Waals surface area (Å²) in [6.45, 7) is 8.48. The first kappa shape index (κ1) is 21.6. The van der Waals surface area contributed by atoms with E-state index in [9.17, 15) is 10.2 Å². The average molecular weight is 389 g/mol. The Kier molecular flexibility index (Phi) is 7.09. The van der Waals surface area contributed by atoms with Crippen molar-refractivity contribution < 1.29 is 14.9 Å². The zero-order valence-electron chi connectivity index (χ0n) is 18.3. The Morgan fingerprint density at radius 3 is 2.64 bits per heavy atom. The summed E-state index contributed by atoms with van der Waals surface area (Å²) in [5.41, 5.74) is 2.55. The fraction of sp³-hybridized carbons (Fsp3) is 0.760. The van der Waals surface area contributed by atoms with E-state index >= 15 is 0 Å². The van der Waals surface area contributed by atoms with Gasteiger partial charge in [-0.2, -0.15) is 0 Å². The van der Waals surface area contributed by atoms with Crippen molar-refractivity contribution in [2.45, 2.75) is 103 Å². The number of hydrogen-bond donors (Lipinski definition) is 2. The predicted octanol–water partition coefficient (Wildman–Crippen LogP) is 5.30. The minimum absolute atomic E-state index is 0.197. The van der Waals surface area contributed by atoms with Gasteiger partial charge in [0, 0.05) is 0 Å². The SMILES string of the molecule is CCCCC[C@H](O)CC[C@@H]1[C@H]2Cc3cccc(OC(C)(C)C)c3C[C@H]2C[C@H]1O. The van der Waals surface area contributed by atoms with Crippen LogP contribution in [0.15, 0.2) is 18.2 Å².